The average Bonchev–Trinajstić information content (AvgIpc) is 2.93. The first-order chi connectivity index (χ1) is 10.8. The van der Waals surface area contributed by atoms with E-state index in [0.29, 0.717) is 0 Å². The first-order valence-corrected chi connectivity index (χ1v) is 8.84. The summed E-state index contributed by atoms with van der Waals surface area (Å²) < 4.78 is 2.55. The Balaban J connectivity index is 2.01. The Labute approximate surface area is 140 Å². The minimum absolute atomic E-state index is 1.19. The van der Waals surface area contributed by atoms with E-state index in [1.54, 1.807) is 0 Å². The summed E-state index contributed by atoms with van der Waals surface area (Å²) in [6, 6.07) is 24.4. The number of hydrogen-bond donors (Lipinski definition) is 0. The number of benzene rings is 4. The van der Waals surface area contributed by atoms with E-state index in [9.17, 15) is 0 Å². The normalized spacial score (nSPS) is 11.9. The molecule has 22 heavy (non-hydrogen) atoms. The molecule has 2 heteroatoms. The van der Waals surface area contributed by atoms with Crippen LogP contribution >= 0.6 is 27.3 Å². The smallest absolute Gasteiger partial charge is 0.0711 e. The fourth-order valence-electron chi connectivity index (χ4n) is 3.30. The Morgan fingerprint density at radius 2 is 1.32 bits per heavy atom. The zero-order valence-corrected chi connectivity index (χ0v) is 14.0. The van der Waals surface area contributed by atoms with E-state index in [1.165, 1.54) is 46.2 Å². The van der Waals surface area contributed by atoms with Crippen molar-refractivity contribution in [1.29, 1.82) is 0 Å². The number of hydrogen-bond acceptors (Lipinski definition) is 1. The van der Waals surface area contributed by atoms with E-state index in [-0.39, 0.29) is 0 Å². The maximum Gasteiger partial charge on any atom is 0.0711 e. The molecule has 0 saturated carbocycles. The van der Waals surface area contributed by atoms with Crippen molar-refractivity contribution < 1.29 is 0 Å². The van der Waals surface area contributed by atoms with Crippen LogP contribution in [-0.4, -0.2) is 0 Å². The van der Waals surface area contributed by atoms with Crippen molar-refractivity contribution in [1.82, 2.24) is 0 Å². The number of fused-ring (bicyclic) bond motifs is 6. The topological polar surface area (TPSA) is 0 Å². The molecule has 4 aromatic carbocycles. The minimum Gasteiger partial charge on any atom is -0.128 e. The van der Waals surface area contributed by atoms with Crippen LogP contribution in [-0.2, 0) is 0 Å². The molecule has 0 spiro atoms. The quantitative estimate of drug-likeness (QED) is 0.203. The highest BCUT2D eigenvalue weighted by Gasteiger charge is 2.08. The predicted octanol–water partition coefficient (Wildman–Crippen LogP) is 7.12. The van der Waals surface area contributed by atoms with Gasteiger partial charge in [-0.1, -0.05) is 48.5 Å². The fourth-order valence-corrected chi connectivity index (χ4v) is 4.94. The second kappa shape index (κ2) is 4.55. The van der Waals surface area contributed by atoms with Crippen molar-refractivity contribution in [2.45, 2.75) is 0 Å². The molecular weight excluding hydrogens is 352 g/mol. The minimum atomic E-state index is 1.19. The molecule has 0 aliphatic rings. The largest absolute Gasteiger partial charge is 0.128 e. The summed E-state index contributed by atoms with van der Waals surface area (Å²) in [5, 5.41) is 9.23. The zero-order chi connectivity index (χ0) is 14.7. The standard InChI is InChI=1S/C20H11BrS/c21-19-11-15-6-7-16-17(20(15)22-19)8-5-14-9-12-3-1-2-4-13(12)10-18(14)16/h1-11H. The Bertz CT molecular complexity index is 1180. The molecule has 0 nitrogen and oxygen atoms in total. The summed E-state index contributed by atoms with van der Waals surface area (Å²) in [6.45, 7) is 0. The van der Waals surface area contributed by atoms with Crippen LogP contribution in [0.2, 0.25) is 0 Å². The highest BCUT2D eigenvalue weighted by Crippen LogP contribution is 2.38. The zero-order valence-electron chi connectivity index (χ0n) is 11.6. The van der Waals surface area contributed by atoms with Gasteiger partial charge in [-0.05, 0) is 66.4 Å². The maximum atomic E-state index is 3.61. The molecule has 0 atom stereocenters. The van der Waals surface area contributed by atoms with Crippen LogP contribution in [0.3, 0.4) is 0 Å². The summed E-state index contributed by atoms with van der Waals surface area (Å²) in [7, 11) is 0. The van der Waals surface area contributed by atoms with Crippen molar-refractivity contribution >= 4 is 69.7 Å². The van der Waals surface area contributed by atoms with Gasteiger partial charge in [0.2, 0.25) is 0 Å². The van der Waals surface area contributed by atoms with Crippen molar-refractivity contribution in [2.75, 3.05) is 0 Å². The number of thiophene rings is 1. The molecule has 0 N–H and O–H groups in total. The van der Waals surface area contributed by atoms with Crippen LogP contribution < -0.4 is 0 Å². The molecule has 0 aliphatic heterocycles. The fraction of sp³-hybridized carbons (Fsp3) is 0. The van der Waals surface area contributed by atoms with Crippen LogP contribution in [0, 0.1) is 0 Å². The number of rotatable bonds is 0. The molecule has 0 saturated heterocycles. The second-order valence-corrected chi connectivity index (χ2v) is 8.05. The van der Waals surface area contributed by atoms with Crippen molar-refractivity contribution in [3.8, 4) is 0 Å². The maximum absolute atomic E-state index is 3.61. The lowest BCUT2D eigenvalue weighted by molar-refractivity contribution is 1.79. The third-order valence-electron chi connectivity index (χ3n) is 4.33. The van der Waals surface area contributed by atoms with Gasteiger partial charge in [-0.2, -0.15) is 0 Å². The molecule has 0 radical (unpaired) electrons. The Hall–Kier alpha value is -1.90. The Morgan fingerprint density at radius 1 is 0.591 bits per heavy atom. The van der Waals surface area contributed by atoms with E-state index in [1.807, 2.05) is 11.3 Å². The summed E-state index contributed by atoms with van der Waals surface area (Å²) in [5.74, 6) is 0. The van der Waals surface area contributed by atoms with Gasteiger partial charge in [-0.3, -0.25) is 0 Å². The summed E-state index contributed by atoms with van der Waals surface area (Å²) in [5.41, 5.74) is 0. The van der Waals surface area contributed by atoms with Gasteiger partial charge in [0.1, 0.15) is 0 Å². The molecule has 1 aromatic heterocycles. The van der Waals surface area contributed by atoms with Crippen LogP contribution in [0.1, 0.15) is 0 Å². The molecule has 5 aromatic rings. The second-order valence-electron chi connectivity index (χ2n) is 5.62. The molecule has 0 unspecified atom stereocenters. The lowest BCUT2D eigenvalue weighted by atomic mass is 9.98. The van der Waals surface area contributed by atoms with E-state index in [0.717, 1.165) is 0 Å². The van der Waals surface area contributed by atoms with E-state index in [4.69, 9.17) is 0 Å². The summed E-state index contributed by atoms with van der Waals surface area (Å²) in [6.07, 6.45) is 0. The molecule has 5 rings (SSSR count). The lowest BCUT2D eigenvalue weighted by Crippen LogP contribution is -1.80. The molecule has 104 valence electrons. The van der Waals surface area contributed by atoms with Crippen molar-refractivity contribution in [3.63, 3.8) is 0 Å². The summed E-state index contributed by atoms with van der Waals surface area (Å²) in [4.78, 5) is 0. The first kappa shape index (κ1) is 12.6. The van der Waals surface area contributed by atoms with Crippen molar-refractivity contribution in [3.05, 3.63) is 70.5 Å². The SMILES string of the molecule is Brc1cc2ccc3c4cc5ccccc5cc4ccc3c2s1. The summed E-state index contributed by atoms with van der Waals surface area (Å²) >= 11 is 5.42. The monoisotopic (exact) mass is 362 g/mol. The van der Waals surface area contributed by atoms with E-state index in [2.05, 4.69) is 82.7 Å². The van der Waals surface area contributed by atoms with Gasteiger partial charge in [0.25, 0.3) is 0 Å². The molecule has 0 amide bonds. The van der Waals surface area contributed by atoms with Crippen LogP contribution in [0.5, 0.6) is 0 Å². The molecular formula is C20H11BrS. The van der Waals surface area contributed by atoms with Crippen LogP contribution in [0.15, 0.2) is 70.5 Å². The number of halogens is 1. The van der Waals surface area contributed by atoms with Gasteiger partial charge >= 0.3 is 0 Å². The van der Waals surface area contributed by atoms with Crippen LogP contribution in [0.4, 0.5) is 0 Å². The third kappa shape index (κ3) is 1.74. The van der Waals surface area contributed by atoms with Gasteiger partial charge < -0.3 is 0 Å². The van der Waals surface area contributed by atoms with Gasteiger partial charge in [0.05, 0.1) is 3.79 Å². The van der Waals surface area contributed by atoms with Gasteiger partial charge in [0, 0.05) is 10.1 Å². The molecule has 0 bridgehead atoms. The molecule has 0 aliphatic carbocycles. The molecule has 0 fully saturated rings. The van der Waals surface area contributed by atoms with E-state index < -0.39 is 0 Å². The predicted molar refractivity (Wildman–Crippen MR) is 102 cm³/mol. The average molecular weight is 363 g/mol. The molecule has 1 heterocycles. The van der Waals surface area contributed by atoms with Gasteiger partial charge in [0.15, 0.2) is 0 Å². The Kier molecular flexibility index (Phi) is 2.61. The highest BCUT2D eigenvalue weighted by atomic mass is 79.9. The Morgan fingerprint density at radius 3 is 2.18 bits per heavy atom. The van der Waals surface area contributed by atoms with Crippen molar-refractivity contribution in [2.24, 2.45) is 0 Å². The highest BCUT2D eigenvalue weighted by molar-refractivity contribution is 9.11. The first-order valence-electron chi connectivity index (χ1n) is 7.23. The van der Waals surface area contributed by atoms with Gasteiger partial charge in [-0.25, -0.2) is 0 Å². The van der Waals surface area contributed by atoms with Crippen LogP contribution in [0.25, 0.3) is 42.4 Å². The third-order valence-corrected chi connectivity index (χ3v) is 6.02. The van der Waals surface area contributed by atoms with Gasteiger partial charge in [-0.15, -0.1) is 11.3 Å². The van der Waals surface area contributed by atoms with E-state index >= 15 is 0 Å². The lowest BCUT2D eigenvalue weighted by Gasteiger charge is -2.07.